The molecular formula is C16H20F2N2O4S. The number of fused-ring (bicyclic) bond motifs is 1. The maximum atomic E-state index is 14.1. The van der Waals surface area contributed by atoms with Crippen LogP contribution in [-0.4, -0.2) is 27.4 Å². The fourth-order valence-electron chi connectivity index (χ4n) is 3.95. The van der Waals surface area contributed by atoms with Gasteiger partial charge in [-0.2, -0.15) is 0 Å². The molecule has 2 atom stereocenters. The van der Waals surface area contributed by atoms with E-state index >= 15 is 0 Å². The van der Waals surface area contributed by atoms with E-state index in [4.69, 9.17) is 9.88 Å². The number of hydrogen-bond acceptors (Lipinski definition) is 4. The van der Waals surface area contributed by atoms with Crippen LogP contribution in [0.1, 0.15) is 32.1 Å². The Morgan fingerprint density at radius 3 is 2.72 bits per heavy atom. The summed E-state index contributed by atoms with van der Waals surface area (Å²) in [5.74, 6) is -3.92. The summed E-state index contributed by atoms with van der Waals surface area (Å²) in [5.41, 5.74) is -1.17. The lowest BCUT2D eigenvalue weighted by atomic mass is 9.85. The van der Waals surface area contributed by atoms with Crippen LogP contribution in [0.4, 0.5) is 14.5 Å². The largest absolute Gasteiger partial charge is 0.495 e. The summed E-state index contributed by atoms with van der Waals surface area (Å²) in [6.45, 7) is 0. The molecule has 3 N–H and O–H groups in total. The normalized spacial score (nSPS) is 27.3. The van der Waals surface area contributed by atoms with Crippen LogP contribution < -0.4 is 15.2 Å². The van der Waals surface area contributed by atoms with E-state index in [1.807, 2.05) is 0 Å². The van der Waals surface area contributed by atoms with Crippen LogP contribution in [0.2, 0.25) is 0 Å². The minimum absolute atomic E-state index is 0.0896. The first-order chi connectivity index (χ1) is 11.6. The molecule has 9 heteroatoms. The van der Waals surface area contributed by atoms with Gasteiger partial charge >= 0.3 is 0 Å². The first-order valence-electron chi connectivity index (χ1n) is 8.00. The minimum atomic E-state index is -3.96. The number of benzene rings is 1. The highest BCUT2D eigenvalue weighted by atomic mass is 32.2. The summed E-state index contributed by atoms with van der Waals surface area (Å²) < 4.78 is 56.2. The Morgan fingerprint density at radius 1 is 1.40 bits per heavy atom. The molecule has 0 aromatic heterocycles. The van der Waals surface area contributed by atoms with Crippen molar-refractivity contribution in [2.75, 3.05) is 12.4 Å². The number of alkyl halides is 2. The van der Waals surface area contributed by atoms with Crippen molar-refractivity contribution >= 4 is 21.6 Å². The molecule has 0 bridgehead atoms. The zero-order valence-electron chi connectivity index (χ0n) is 13.7. The third-order valence-corrected chi connectivity index (χ3v) is 6.21. The predicted octanol–water partition coefficient (Wildman–Crippen LogP) is 2.50. The van der Waals surface area contributed by atoms with Crippen LogP contribution in [0.25, 0.3) is 0 Å². The number of hydrogen-bond donors (Lipinski definition) is 2. The maximum Gasteiger partial charge on any atom is 0.258 e. The number of nitrogens with one attached hydrogen (secondary N) is 1. The topological polar surface area (TPSA) is 98.5 Å². The van der Waals surface area contributed by atoms with Crippen LogP contribution in [0, 0.1) is 11.3 Å². The highest BCUT2D eigenvalue weighted by molar-refractivity contribution is 7.89. The summed E-state index contributed by atoms with van der Waals surface area (Å²) in [6, 6.07) is 3.75. The number of carbonyl (C=O) groups excluding carboxylic acids is 1. The van der Waals surface area contributed by atoms with Gasteiger partial charge in [-0.15, -0.1) is 0 Å². The molecule has 138 valence electrons. The van der Waals surface area contributed by atoms with Crippen molar-refractivity contribution in [1.82, 2.24) is 0 Å². The number of anilines is 1. The standard InChI is InChI=1S/C16H20F2N2O4S/c1-24-12-6-5-10(25(19,22)23)8-11(12)20-14(21)9-15-7-3-2-4-13(15)16(15,17)18/h5-6,8,13H,2-4,7,9H2,1H3,(H,20,21)(H2,19,22,23). The van der Waals surface area contributed by atoms with Gasteiger partial charge in [0.15, 0.2) is 0 Å². The second-order valence-electron chi connectivity index (χ2n) is 6.71. The molecule has 2 aliphatic rings. The number of halogens is 2. The number of primary sulfonamides is 1. The van der Waals surface area contributed by atoms with E-state index in [-0.39, 0.29) is 22.8 Å². The molecule has 3 rings (SSSR count). The summed E-state index contributed by atoms with van der Waals surface area (Å²) in [5, 5.41) is 7.57. The van der Waals surface area contributed by atoms with Gasteiger partial charge in [0.1, 0.15) is 5.75 Å². The van der Waals surface area contributed by atoms with Crippen LogP contribution >= 0.6 is 0 Å². The molecule has 2 saturated carbocycles. The zero-order valence-corrected chi connectivity index (χ0v) is 14.5. The molecule has 0 spiro atoms. The third-order valence-electron chi connectivity index (χ3n) is 5.30. The number of nitrogens with two attached hydrogens (primary N) is 1. The second-order valence-corrected chi connectivity index (χ2v) is 8.27. The van der Waals surface area contributed by atoms with E-state index in [1.165, 1.54) is 19.2 Å². The van der Waals surface area contributed by atoms with Crippen LogP contribution in [-0.2, 0) is 14.8 Å². The number of ether oxygens (including phenoxy) is 1. The second kappa shape index (κ2) is 5.91. The number of amides is 1. The summed E-state index contributed by atoms with van der Waals surface area (Å²) >= 11 is 0. The molecule has 0 radical (unpaired) electrons. The fraction of sp³-hybridized carbons (Fsp3) is 0.562. The Balaban J connectivity index is 1.79. The number of sulfonamides is 1. The molecule has 2 unspecified atom stereocenters. The van der Waals surface area contributed by atoms with Crippen molar-refractivity contribution in [3.05, 3.63) is 18.2 Å². The quantitative estimate of drug-likeness (QED) is 0.827. The lowest BCUT2D eigenvalue weighted by molar-refractivity contribution is -0.118. The summed E-state index contributed by atoms with van der Waals surface area (Å²) in [6.07, 6.45) is 1.90. The average molecular weight is 374 g/mol. The van der Waals surface area contributed by atoms with E-state index in [2.05, 4.69) is 5.32 Å². The van der Waals surface area contributed by atoms with Gasteiger partial charge in [-0.3, -0.25) is 4.79 Å². The Morgan fingerprint density at radius 2 is 2.12 bits per heavy atom. The molecular weight excluding hydrogens is 354 g/mol. The van der Waals surface area contributed by atoms with Gasteiger partial charge in [0.05, 0.1) is 23.1 Å². The molecule has 2 fully saturated rings. The van der Waals surface area contributed by atoms with Gasteiger partial charge in [-0.05, 0) is 31.0 Å². The lowest BCUT2D eigenvalue weighted by Crippen LogP contribution is -2.23. The SMILES string of the molecule is COc1ccc(S(N)(=O)=O)cc1NC(=O)CC12CCCCC1C2(F)F. The summed E-state index contributed by atoms with van der Waals surface area (Å²) in [7, 11) is -2.61. The Bertz CT molecular complexity index is 812. The molecule has 0 aliphatic heterocycles. The molecule has 2 aliphatic carbocycles. The van der Waals surface area contributed by atoms with Gasteiger partial charge in [0, 0.05) is 12.3 Å². The highest BCUT2D eigenvalue weighted by Crippen LogP contribution is 2.73. The first kappa shape index (κ1) is 18.1. The summed E-state index contributed by atoms with van der Waals surface area (Å²) in [4.78, 5) is 12.1. The molecule has 1 aromatic rings. The molecule has 0 saturated heterocycles. The van der Waals surface area contributed by atoms with Crippen molar-refractivity contribution in [2.24, 2.45) is 16.5 Å². The Kier molecular flexibility index (Phi) is 4.27. The minimum Gasteiger partial charge on any atom is -0.495 e. The zero-order chi connectivity index (χ0) is 18.5. The van der Waals surface area contributed by atoms with E-state index in [1.54, 1.807) is 0 Å². The van der Waals surface area contributed by atoms with Crippen molar-refractivity contribution in [3.8, 4) is 5.75 Å². The predicted molar refractivity (Wildman–Crippen MR) is 87.0 cm³/mol. The molecule has 25 heavy (non-hydrogen) atoms. The van der Waals surface area contributed by atoms with Crippen LogP contribution in [0.3, 0.4) is 0 Å². The lowest BCUT2D eigenvalue weighted by Gasteiger charge is -2.20. The molecule has 0 heterocycles. The van der Waals surface area contributed by atoms with Gasteiger partial charge in [-0.1, -0.05) is 12.8 Å². The Labute approximate surface area is 144 Å². The van der Waals surface area contributed by atoms with Gasteiger partial charge < -0.3 is 10.1 Å². The fourth-order valence-corrected chi connectivity index (χ4v) is 4.49. The van der Waals surface area contributed by atoms with Crippen molar-refractivity contribution in [2.45, 2.75) is 42.9 Å². The number of rotatable bonds is 5. The van der Waals surface area contributed by atoms with Gasteiger partial charge in [0.2, 0.25) is 15.9 Å². The van der Waals surface area contributed by atoms with E-state index in [0.29, 0.717) is 19.3 Å². The van der Waals surface area contributed by atoms with E-state index in [9.17, 15) is 22.0 Å². The monoisotopic (exact) mass is 374 g/mol. The molecule has 1 amide bonds. The molecule has 6 nitrogen and oxygen atoms in total. The average Bonchev–Trinajstić information content (AvgIpc) is 3.01. The van der Waals surface area contributed by atoms with Crippen LogP contribution in [0.5, 0.6) is 5.75 Å². The van der Waals surface area contributed by atoms with Crippen molar-refractivity contribution in [3.63, 3.8) is 0 Å². The number of carbonyl (C=O) groups is 1. The van der Waals surface area contributed by atoms with Crippen LogP contribution in [0.15, 0.2) is 23.1 Å². The maximum absolute atomic E-state index is 14.1. The molecule has 1 aromatic carbocycles. The van der Waals surface area contributed by atoms with Gasteiger partial charge in [-0.25, -0.2) is 22.3 Å². The number of methoxy groups -OCH3 is 1. The van der Waals surface area contributed by atoms with Crippen molar-refractivity contribution in [1.29, 1.82) is 0 Å². The highest BCUT2D eigenvalue weighted by Gasteiger charge is 2.80. The van der Waals surface area contributed by atoms with E-state index in [0.717, 1.165) is 12.5 Å². The third kappa shape index (κ3) is 2.99. The van der Waals surface area contributed by atoms with Gasteiger partial charge in [0.25, 0.3) is 5.92 Å². The van der Waals surface area contributed by atoms with Crippen molar-refractivity contribution < 1.29 is 26.7 Å². The first-order valence-corrected chi connectivity index (χ1v) is 9.55. The van der Waals surface area contributed by atoms with E-state index < -0.39 is 33.2 Å². The Hall–Kier alpha value is -1.74. The smallest absolute Gasteiger partial charge is 0.258 e.